The molecule has 0 radical (unpaired) electrons. The van der Waals surface area contributed by atoms with Crippen molar-refractivity contribution in [1.82, 2.24) is 4.90 Å². The van der Waals surface area contributed by atoms with Crippen molar-refractivity contribution >= 4 is 0 Å². The molecule has 1 rings (SSSR count). The maximum Gasteiger partial charge on any atom is 0.119 e. The van der Waals surface area contributed by atoms with Crippen molar-refractivity contribution in [1.29, 1.82) is 0 Å². The number of methoxy groups -OCH3 is 1. The first-order valence-corrected chi connectivity index (χ1v) is 6.08. The summed E-state index contributed by atoms with van der Waals surface area (Å²) in [5, 5.41) is 0. The maximum absolute atomic E-state index is 5.51. The Balaban J connectivity index is 2.29. The predicted octanol–water partition coefficient (Wildman–Crippen LogP) is 2.21. The molecule has 0 spiro atoms. The van der Waals surface area contributed by atoms with Gasteiger partial charge >= 0.3 is 0 Å². The first kappa shape index (κ1) is 14.0. The van der Waals surface area contributed by atoms with Crippen molar-refractivity contribution < 1.29 is 9.47 Å². The van der Waals surface area contributed by atoms with E-state index in [0.717, 1.165) is 18.7 Å². The summed E-state index contributed by atoms with van der Waals surface area (Å²) >= 11 is 0. The van der Waals surface area contributed by atoms with Crippen LogP contribution in [0.3, 0.4) is 0 Å². The molecule has 0 aliphatic heterocycles. The van der Waals surface area contributed by atoms with E-state index in [4.69, 9.17) is 9.47 Å². The Morgan fingerprint density at radius 3 is 2.35 bits per heavy atom. The van der Waals surface area contributed by atoms with Crippen LogP contribution in [-0.2, 0) is 11.2 Å². The van der Waals surface area contributed by atoms with E-state index in [0.29, 0.717) is 13.2 Å². The first-order chi connectivity index (χ1) is 8.22. The second-order valence-corrected chi connectivity index (χ2v) is 4.39. The summed E-state index contributed by atoms with van der Waals surface area (Å²) in [6.07, 6.45) is 2.31. The molecular formula is C14H23NO2. The largest absolute Gasteiger partial charge is 0.491 e. The van der Waals surface area contributed by atoms with E-state index in [1.807, 2.05) is 12.1 Å². The second-order valence-electron chi connectivity index (χ2n) is 4.39. The molecule has 0 aliphatic rings. The third-order valence-electron chi connectivity index (χ3n) is 2.55. The zero-order valence-electron chi connectivity index (χ0n) is 11.1. The van der Waals surface area contributed by atoms with Crippen LogP contribution in [0.1, 0.15) is 12.0 Å². The van der Waals surface area contributed by atoms with Crippen LogP contribution in [0.4, 0.5) is 0 Å². The van der Waals surface area contributed by atoms with E-state index in [1.165, 1.54) is 12.0 Å². The van der Waals surface area contributed by atoms with Crippen LogP contribution >= 0.6 is 0 Å². The lowest BCUT2D eigenvalue weighted by Gasteiger charge is -2.09. The fraction of sp³-hybridized carbons (Fsp3) is 0.571. The first-order valence-electron chi connectivity index (χ1n) is 6.08. The van der Waals surface area contributed by atoms with Crippen LogP contribution in [0.5, 0.6) is 5.75 Å². The molecule has 0 amide bonds. The third-order valence-corrected chi connectivity index (χ3v) is 2.55. The van der Waals surface area contributed by atoms with Gasteiger partial charge in [0.2, 0.25) is 0 Å². The molecule has 3 nitrogen and oxygen atoms in total. The van der Waals surface area contributed by atoms with Crippen molar-refractivity contribution in [3.63, 3.8) is 0 Å². The van der Waals surface area contributed by atoms with Gasteiger partial charge in [-0.15, -0.1) is 0 Å². The Bertz CT molecular complexity index is 296. The Kier molecular flexibility index (Phi) is 6.67. The number of hydrogen-bond acceptors (Lipinski definition) is 3. The molecule has 0 atom stereocenters. The number of benzene rings is 1. The quantitative estimate of drug-likeness (QED) is 0.647. The lowest BCUT2D eigenvalue weighted by molar-refractivity contribution is 0.146. The number of nitrogens with zero attached hydrogens (tertiary/aromatic N) is 1. The van der Waals surface area contributed by atoms with Crippen molar-refractivity contribution in [3.8, 4) is 5.75 Å². The van der Waals surface area contributed by atoms with Gasteiger partial charge in [0.15, 0.2) is 0 Å². The van der Waals surface area contributed by atoms with E-state index >= 15 is 0 Å². The number of ether oxygens (including phenoxy) is 2. The molecule has 0 bridgehead atoms. The average Bonchev–Trinajstić information content (AvgIpc) is 2.31. The van der Waals surface area contributed by atoms with E-state index in [2.05, 4.69) is 31.1 Å². The lowest BCUT2D eigenvalue weighted by Crippen LogP contribution is -2.13. The van der Waals surface area contributed by atoms with Gasteiger partial charge in [-0.25, -0.2) is 0 Å². The molecule has 0 saturated carbocycles. The van der Waals surface area contributed by atoms with Gasteiger partial charge < -0.3 is 14.4 Å². The minimum Gasteiger partial charge on any atom is -0.491 e. The minimum atomic E-state index is 0.608. The standard InChI is InChI=1S/C14H23NO2/c1-15(2)10-4-5-13-6-8-14(9-7-13)17-12-11-16-3/h6-9H,4-5,10-12H2,1-3H3. The molecule has 0 aliphatic carbocycles. The molecule has 1 aromatic carbocycles. The molecule has 0 saturated heterocycles. The molecule has 0 N–H and O–H groups in total. The summed E-state index contributed by atoms with van der Waals surface area (Å²) < 4.78 is 10.4. The highest BCUT2D eigenvalue weighted by molar-refractivity contribution is 5.27. The van der Waals surface area contributed by atoms with Crippen molar-refractivity contribution in [2.45, 2.75) is 12.8 Å². The normalized spacial score (nSPS) is 10.8. The lowest BCUT2D eigenvalue weighted by atomic mass is 10.1. The van der Waals surface area contributed by atoms with Gasteiger partial charge in [0.25, 0.3) is 0 Å². The SMILES string of the molecule is COCCOc1ccc(CCCN(C)C)cc1. The molecule has 96 valence electrons. The molecule has 3 heteroatoms. The predicted molar refractivity (Wildman–Crippen MR) is 70.7 cm³/mol. The monoisotopic (exact) mass is 237 g/mol. The van der Waals surface area contributed by atoms with Crippen LogP contribution in [0.25, 0.3) is 0 Å². The summed E-state index contributed by atoms with van der Waals surface area (Å²) in [5.41, 5.74) is 1.37. The third kappa shape index (κ3) is 6.29. The topological polar surface area (TPSA) is 21.7 Å². The van der Waals surface area contributed by atoms with Crippen LogP contribution in [0, 0.1) is 0 Å². The molecular weight excluding hydrogens is 214 g/mol. The second kappa shape index (κ2) is 8.09. The zero-order valence-corrected chi connectivity index (χ0v) is 11.1. The van der Waals surface area contributed by atoms with Crippen LogP contribution in [0.2, 0.25) is 0 Å². The average molecular weight is 237 g/mol. The molecule has 0 fully saturated rings. The number of rotatable bonds is 8. The van der Waals surface area contributed by atoms with Crippen molar-refractivity contribution in [3.05, 3.63) is 29.8 Å². The van der Waals surface area contributed by atoms with Crippen molar-refractivity contribution in [2.75, 3.05) is 41.0 Å². The highest BCUT2D eigenvalue weighted by atomic mass is 16.5. The van der Waals surface area contributed by atoms with E-state index < -0.39 is 0 Å². The summed E-state index contributed by atoms with van der Waals surface area (Å²) in [4.78, 5) is 2.21. The van der Waals surface area contributed by atoms with E-state index in [-0.39, 0.29) is 0 Å². The highest BCUT2D eigenvalue weighted by Crippen LogP contribution is 2.13. The summed E-state index contributed by atoms with van der Waals surface area (Å²) in [7, 11) is 5.89. The van der Waals surface area contributed by atoms with Gasteiger partial charge in [-0.1, -0.05) is 12.1 Å². The minimum absolute atomic E-state index is 0.608. The van der Waals surface area contributed by atoms with Crippen LogP contribution < -0.4 is 4.74 Å². The zero-order chi connectivity index (χ0) is 12.5. The molecule has 0 unspecified atom stereocenters. The number of hydrogen-bond donors (Lipinski definition) is 0. The van der Waals surface area contributed by atoms with Gasteiger partial charge in [0.05, 0.1) is 6.61 Å². The Morgan fingerprint density at radius 2 is 1.76 bits per heavy atom. The van der Waals surface area contributed by atoms with Crippen molar-refractivity contribution in [2.24, 2.45) is 0 Å². The molecule has 1 aromatic rings. The Morgan fingerprint density at radius 1 is 1.06 bits per heavy atom. The Labute approximate surface area is 104 Å². The van der Waals surface area contributed by atoms with Gasteiger partial charge in [0, 0.05) is 7.11 Å². The molecule has 0 heterocycles. The van der Waals surface area contributed by atoms with E-state index in [9.17, 15) is 0 Å². The summed E-state index contributed by atoms with van der Waals surface area (Å²) in [5.74, 6) is 0.915. The number of aryl methyl sites for hydroxylation is 1. The molecule has 0 aromatic heterocycles. The van der Waals surface area contributed by atoms with Crippen LogP contribution in [-0.4, -0.2) is 45.9 Å². The van der Waals surface area contributed by atoms with Crippen LogP contribution in [0.15, 0.2) is 24.3 Å². The van der Waals surface area contributed by atoms with Gasteiger partial charge in [-0.2, -0.15) is 0 Å². The fourth-order valence-corrected chi connectivity index (χ4v) is 1.59. The van der Waals surface area contributed by atoms with Gasteiger partial charge in [-0.3, -0.25) is 0 Å². The smallest absolute Gasteiger partial charge is 0.119 e. The van der Waals surface area contributed by atoms with E-state index in [1.54, 1.807) is 7.11 Å². The fourth-order valence-electron chi connectivity index (χ4n) is 1.59. The summed E-state index contributed by atoms with van der Waals surface area (Å²) in [6.45, 7) is 2.37. The Hall–Kier alpha value is -1.06. The molecule has 17 heavy (non-hydrogen) atoms. The van der Waals surface area contributed by atoms with Gasteiger partial charge in [-0.05, 0) is 51.2 Å². The summed E-state index contributed by atoms with van der Waals surface area (Å²) in [6, 6.07) is 8.33. The highest BCUT2D eigenvalue weighted by Gasteiger charge is 1.97. The van der Waals surface area contributed by atoms with Gasteiger partial charge in [0.1, 0.15) is 12.4 Å². The maximum atomic E-state index is 5.51.